The lowest BCUT2D eigenvalue weighted by atomic mass is 9.99. The van der Waals surface area contributed by atoms with Crippen LogP contribution in [0.4, 0.5) is 0 Å². The van der Waals surface area contributed by atoms with E-state index < -0.39 is 150 Å². The Balaban J connectivity index is 0.000000460. The van der Waals surface area contributed by atoms with Crippen LogP contribution in [0.1, 0.15) is 0 Å². The van der Waals surface area contributed by atoms with Crippen molar-refractivity contribution in [2.24, 2.45) is 0 Å². The molecule has 18 N–H and O–H groups in total. The molecule has 0 bridgehead atoms. The predicted octanol–water partition coefficient (Wildman–Crippen LogP) is -11.5. The van der Waals surface area contributed by atoms with Gasteiger partial charge in [-0.3, -0.25) is 0 Å². The number of hydrogen-bond donors (Lipinski definition) is 18. The standard InChI is InChI=1S/2C12H24O11/c2*13-1-4(15)7(17)8(18)5(16)3-22-12-11(21)10(20)9(19)6(2-14)23-12/h2*4-21H,1-3H2/t4-,5+,6?,7+,8+,9+,10-,11?,12-;4-,5-,6?,7-,8-,9-,10+,11?,12+/m01/s1. The Hall–Kier alpha value is -0.880. The molecule has 2 saturated heterocycles. The summed E-state index contributed by atoms with van der Waals surface area (Å²) < 4.78 is 20.0. The lowest BCUT2D eigenvalue weighted by Gasteiger charge is -2.40. The maximum Gasteiger partial charge on any atom is 0.186 e. The van der Waals surface area contributed by atoms with Crippen LogP contribution in [0.15, 0.2) is 0 Å². The zero-order valence-corrected chi connectivity index (χ0v) is 24.3. The molecule has 2 aliphatic rings. The Morgan fingerprint density at radius 3 is 0.957 bits per heavy atom. The van der Waals surface area contributed by atoms with Crippen molar-refractivity contribution in [1.82, 2.24) is 0 Å². The molecule has 0 aromatic carbocycles. The SMILES string of the molecule is OCC1O[C@H](OC[C@@H](O)[C@@H](O)[C@H](O)[C@@H](O)CO)C(O)[C@@H](O)[C@@H]1O.OCC1O[C@H](OC[C@@H](O)[C@@H](O)[C@H](O)[C@H](O)CO)C(O)[C@@H](O)[C@@H]1O. The number of rotatable bonds is 16. The van der Waals surface area contributed by atoms with Crippen molar-refractivity contribution in [3.63, 3.8) is 0 Å². The maximum atomic E-state index is 9.70. The normalized spacial score (nSPS) is 37.2. The first-order valence-corrected chi connectivity index (χ1v) is 14.0. The van der Waals surface area contributed by atoms with Gasteiger partial charge in [-0.05, 0) is 0 Å². The molecule has 46 heavy (non-hydrogen) atoms. The molecule has 0 aromatic heterocycles. The quantitative estimate of drug-likeness (QED) is 0.0715. The predicted molar refractivity (Wildman–Crippen MR) is 142 cm³/mol. The zero-order valence-electron chi connectivity index (χ0n) is 24.3. The summed E-state index contributed by atoms with van der Waals surface area (Å²) >= 11 is 0. The molecule has 2 fully saturated rings. The van der Waals surface area contributed by atoms with E-state index in [1.807, 2.05) is 0 Å². The van der Waals surface area contributed by atoms with Crippen molar-refractivity contribution in [2.75, 3.05) is 39.6 Å². The fourth-order valence-corrected chi connectivity index (χ4v) is 4.12. The molecule has 0 aliphatic carbocycles. The first kappa shape index (κ1) is 43.1. The van der Waals surface area contributed by atoms with Crippen molar-refractivity contribution in [3.8, 4) is 0 Å². The van der Waals surface area contributed by atoms with Gasteiger partial charge in [-0.25, -0.2) is 0 Å². The summed E-state index contributed by atoms with van der Waals surface area (Å²) in [5.41, 5.74) is 0. The average molecular weight is 689 g/mol. The lowest BCUT2D eigenvalue weighted by molar-refractivity contribution is -0.306. The summed E-state index contributed by atoms with van der Waals surface area (Å²) in [7, 11) is 0. The van der Waals surface area contributed by atoms with Crippen LogP contribution in [0.3, 0.4) is 0 Å². The van der Waals surface area contributed by atoms with E-state index in [0.29, 0.717) is 0 Å². The van der Waals surface area contributed by atoms with E-state index in [-0.39, 0.29) is 0 Å². The number of hydrogen-bond acceptors (Lipinski definition) is 22. The van der Waals surface area contributed by atoms with Gasteiger partial charge >= 0.3 is 0 Å². The van der Waals surface area contributed by atoms with E-state index in [1.165, 1.54) is 0 Å². The number of aliphatic hydroxyl groups is 18. The van der Waals surface area contributed by atoms with Gasteiger partial charge in [0.2, 0.25) is 0 Å². The molecule has 18 atom stereocenters. The van der Waals surface area contributed by atoms with Crippen LogP contribution in [0.2, 0.25) is 0 Å². The first-order chi connectivity index (χ1) is 21.5. The number of ether oxygens (including phenoxy) is 4. The van der Waals surface area contributed by atoms with E-state index in [4.69, 9.17) is 39.4 Å². The highest BCUT2D eigenvalue weighted by Crippen LogP contribution is 2.23. The molecule has 22 heteroatoms. The molecule has 2 aliphatic heterocycles. The minimum absolute atomic E-state index is 0.655. The smallest absolute Gasteiger partial charge is 0.186 e. The van der Waals surface area contributed by atoms with Crippen LogP contribution in [-0.2, 0) is 18.9 Å². The second kappa shape index (κ2) is 20.6. The molecule has 0 aromatic rings. The Labute approximate surface area is 261 Å². The summed E-state index contributed by atoms with van der Waals surface area (Å²) in [6, 6.07) is 0. The van der Waals surface area contributed by atoms with Crippen LogP contribution < -0.4 is 0 Å². The monoisotopic (exact) mass is 688 g/mol. The lowest BCUT2D eigenvalue weighted by Crippen LogP contribution is -2.59. The van der Waals surface area contributed by atoms with E-state index in [9.17, 15) is 71.5 Å². The van der Waals surface area contributed by atoms with Crippen LogP contribution in [0.25, 0.3) is 0 Å². The van der Waals surface area contributed by atoms with E-state index >= 15 is 0 Å². The number of aliphatic hydroxyl groups excluding tert-OH is 18. The minimum atomic E-state index is -1.86. The summed E-state index contributed by atoms with van der Waals surface area (Å²) in [6.45, 7) is -4.32. The molecular weight excluding hydrogens is 640 g/mol. The van der Waals surface area contributed by atoms with Gasteiger partial charge in [0.1, 0.15) is 97.7 Å². The summed E-state index contributed by atoms with van der Waals surface area (Å²) in [6.07, 6.45) is -29.4. The first-order valence-electron chi connectivity index (χ1n) is 14.0. The Morgan fingerprint density at radius 1 is 0.413 bits per heavy atom. The topological polar surface area (TPSA) is 401 Å². The molecule has 0 spiro atoms. The van der Waals surface area contributed by atoms with Crippen LogP contribution in [0.5, 0.6) is 0 Å². The van der Waals surface area contributed by atoms with Gasteiger partial charge in [0.05, 0.1) is 39.6 Å². The highest BCUT2D eigenvalue weighted by Gasteiger charge is 2.46. The molecular formula is C24H48O22. The van der Waals surface area contributed by atoms with Crippen molar-refractivity contribution in [2.45, 2.75) is 110 Å². The average Bonchev–Trinajstić information content (AvgIpc) is 3.06. The Kier molecular flexibility index (Phi) is 19.3. The molecule has 22 nitrogen and oxygen atoms in total. The Bertz CT molecular complexity index is 746. The van der Waals surface area contributed by atoms with Crippen LogP contribution in [-0.4, -0.2) is 242 Å². The van der Waals surface area contributed by atoms with Gasteiger partial charge in [0, 0.05) is 0 Å². The molecule has 276 valence electrons. The molecule has 0 amide bonds. The van der Waals surface area contributed by atoms with Crippen LogP contribution >= 0.6 is 0 Å². The molecule has 0 saturated carbocycles. The third kappa shape index (κ3) is 11.6. The van der Waals surface area contributed by atoms with Crippen molar-refractivity contribution >= 4 is 0 Å². The second-order valence-corrected chi connectivity index (χ2v) is 10.7. The van der Waals surface area contributed by atoms with E-state index in [1.54, 1.807) is 0 Å². The zero-order chi connectivity index (χ0) is 35.5. The van der Waals surface area contributed by atoms with Gasteiger partial charge < -0.3 is 111 Å². The summed E-state index contributed by atoms with van der Waals surface area (Å²) in [5.74, 6) is 0. The van der Waals surface area contributed by atoms with Crippen molar-refractivity contribution in [3.05, 3.63) is 0 Å². The summed E-state index contributed by atoms with van der Waals surface area (Å²) in [5, 5.41) is 169. The highest BCUT2D eigenvalue weighted by molar-refractivity contribution is 4.90. The molecule has 4 unspecified atom stereocenters. The third-order valence-corrected chi connectivity index (χ3v) is 7.21. The molecule has 0 radical (unpaired) electrons. The van der Waals surface area contributed by atoms with Crippen LogP contribution in [0, 0.1) is 0 Å². The molecule has 2 heterocycles. The maximum absolute atomic E-state index is 9.70. The van der Waals surface area contributed by atoms with Crippen molar-refractivity contribution in [1.29, 1.82) is 0 Å². The van der Waals surface area contributed by atoms with Gasteiger partial charge in [-0.1, -0.05) is 0 Å². The van der Waals surface area contributed by atoms with Gasteiger partial charge in [-0.2, -0.15) is 0 Å². The Morgan fingerprint density at radius 2 is 0.696 bits per heavy atom. The largest absolute Gasteiger partial charge is 0.394 e. The van der Waals surface area contributed by atoms with Gasteiger partial charge in [-0.15, -0.1) is 0 Å². The minimum Gasteiger partial charge on any atom is -0.394 e. The fraction of sp³-hybridized carbons (Fsp3) is 1.00. The third-order valence-electron chi connectivity index (χ3n) is 7.21. The van der Waals surface area contributed by atoms with Crippen molar-refractivity contribution < 1.29 is 111 Å². The molecule has 2 rings (SSSR count). The second-order valence-electron chi connectivity index (χ2n) is 10.7. The van der Waals surface area contributed by atoms with Gasteiger partial charge in [0.15, 0.2) is 12.6 Å². The van der Waals surface area contributed by atoms with E-state index in [0.717, 1.165) is 0 Å². The van der Waals surface area contributed by atoms with E-state index in [2.05, 4.69) is 0 Å². The summed E-state index contributed by atoms with van der Waals surface area (Å²) in [4.78, 5) is 0. The fourth-order valence-electron chi connectivity index (χ4n) is 4.12. The highest BCUT2D eigenvalue weighted by atomic mass is 16.7. The van der Waals surface area contributed by atoms with Gasteiger partial charge in [0.25, 0.3) is 0 Å².